The number of carboxylic acid groups (broad SMARTS) is 1. The molecule has 0 aromatic heterocycles. The molecule has 0 aromatic rings. The van der Waals surface area contributed by atoms with Gasteiger partial charge in [0.05, 0.1) is 33.0 Å². The van der Waals surface area contributed by atoms with Crippen LogP contribution in [-0.4, -0.2) is 82.2 Å². The summed E-state index contributed by atoms with van der Waals surface area (Å²) < 4.78 is 15.5. The Hall–Kier alpha value is -1.75. The van der Waals surface area contributed by atoms with Crippen LogP contribution in [0.4, 0.5) is 0 Å². The van der Waals surface area contributed by atoms with Crippen molar-refractivity contribution in [3.63, 3.8) is 0 Å². The fourth-order valence-electron chi connectivity index (χ4n) is 1.64. The van der Waals surface area contributed by atoms with Crippen molar-refractivity contribution >= 4 is 17.8 Å². The molecule has 146 valence electrons. The van der Waals surface area contributed by atoms with Crippen molar-refractivity contribution in [3.8, 4) is 0 Å². The van der Waals surface area contributed by atoms with E-state index in [-0.39, 0.29) is 37.9 Å². The van der Waals surface area contributed by atoms with Crippen molar-refractivity contribution < 1.29 is 33.7 Å². The van der Waals surface area contributed by atoms with Crippen LogP contribution in [0.5, 0.6) is 0 Å². The normalized spacial score (nSPS) is 10.4. The lowest BCUT2D eigenvalue weighted by atomic mass is 10.2. The van der Waals surface area contributed by atoms with E-state index in [1.165, 1.54) is 0 Å². The maximum Gasteiger partial charge on any atom is 0.303 e. The first-order valence-electron chi connectivity index (χ1n) is 8.24. The summed E-state index contributed by atoms with van der Waals surface area (Å²) in [5, 5.41) is 13.7. The zero-order valence-electron chi connectivity index (χ0n) is 14.5. The second-order valence-electron chi connectivity index (χ2n) is 5.01. The Balaban J connectivity index is 3.28. The Kier molecular flexibility index (Phi) is 15.9. The molecule has 0 unspecified atom stereocenters. The minimum atomic E-state index is -0.912. The summed E-state index contributed by atoms with van der Waals surface area (Å²) in [7, 11) is 0. The van der Waals surface area contributed by atoms with Gasteiger partial charge < -0.3 is 35.7 Å². The average molecular weight is 363 g/mol. The van der Waals surface area contributed by atoms with Crippen LogP contribution in [0.1, 0.15) is 19.3 Å². The zero-order valence-corrected chi connectivity index (χ0v) is 14.5. The van der Waals surface area contributed by atoms with Gasteiger partial charge in [-0.3, -0.25) is 14.4 Å². The molecule has 0 rings (SSSR count). The van der Waals surface area contributed by atoms with Gasteiger partial charge in [-0.2, -0.15) is 0 Å². The van der Waals surface area contributed by atoms with E-state index in [9.17, 15) is 14.4 Å². The van der Waals surface area contributed by atoms with E-state index in [0.29, 0.717) is 52.5 Å². The Morgan fingerprint density at radius 1 is 0.800 bits per heavy atom. The molecular formula is C15H29N3O7. The smallest absolute Gasteiger partial charge is 0.303 e. The molecule has 0 aliphatic rings. The molecular weight excluding hydrogens is 334 g/mol. The predicted molar refractivity (Wildman–Crippen MR) is 89.0 cm³/mol. The summed E-state index contributed by atoms with van der Waals surface area (Å²) in [6.07, 6.45) is 0.481. The van der Waals surface area contributed by atoms with Gasteiger partial charge in [0.15, 0.2) is 0 Å². The molecule has 0 fully saturated rings. The van der Waals surface area contributed by atoms with Crippen molar-refractivity contribution in [3.05, 3.63) is 0 Å². The number of carbonyl (C=O) groups excluding carboxylic acids is 2. The zero-order chi connectivity index (χ0) is 18.8. The van der Waals surface area contributed by atoms with Crippen LogP contribution < -0.4 is 16.4 Å². The molecule has 0 aliphatic heterocycles. The van der Waals surface area contributed by atoms with Gasteiger partial charge in [0.1, 0.15) is 6.61 Å². The van der Waals surface area contributed by atoms with Crippen LogP contribution in [0.3, 0.4) is 0 Å². The predicted octanol–water partition coefficient (Wildman–Crippen LogP) is -1.52. The summed E-state index contributed by atoms with van der Waals surface area (Å²) in [4.78, 5) is 33.0. The fraction of sp³-hybridized carbons (Fsp3) is 0.800. The molecule has 0 bridgehead atoms. The number of hydrogen-bond donors (Lipinski definition) is 4. The van der Waals surface area contributed by atoms with Crippen molar-refractivity contribution in [1.82, 2.24) is 10.6 Å². The third-order valence-corrected chi connectivity index (χ3v) is 2.80. The number of carbonyl (C=O) groups is 3. The number of aliphatic carboxylic acids is 1. The van der Waals surface area contributed by atoms with Crippen molar-refractivity contribution in [1.29, 1.82) is 0 Å². The van der Waals surface area contributed by atoms with Crippen molar-refractivity contribution in [2.45, 2.75) is 19.3 Å². The molecule has 0 aromatic carbocycles. The molecule has 0 atom stereocenters. The fourth-order valence-corrected chi connectivity index (χ4v) is 1.64. The Bertz CT molecular complexity index is 380. The van der Waals surface area contributed by atoms with E-state index >= 15 is 0 Å². The summed E-state index contributed by atoms with van der Waals surface area (Å²) in [6.45, 7) is 2.91. The van der Waals surface area contributed by atoms with Crippen LogP contribution in [0.25, 0.3) is 0 Å². The van der Waals surface area contributed by atoms with Gasteiger partial charge in [-0.25, -0.2) is 0 Å². The second kappa shape index (κ2) is 17.1. The standard InChI is InChI=1S/C15H29N3O7/c16-4-7-23-8-6-18-14(20)12-25-11-10-24-9-5-17-13(19)2-1-3-15(21)22/h1-12,16H2,(H,17,19)(H,18,20)(H,21,22). The van der Waals surface area contributed by atoms with Gasteiger partial charge in [-0.15, -0.1) is 0 Å². The summed E-state index contributed by atoms with van der Waals surface area (Å²) in [5.41, 5.74) is 5.25. The number of nitrogens with two attached hydrogens (primary N) is 1. The molecule has 10 nitrogen and oxygen atoms in total. The number of rotatable bonds is 17. The molecule has 10 heteroatoms. The SMILES string of the molecule is NCCOCCNC(=O)COCCOCCNC(=O)CCCC(=O)O. The lowest BCUT2D eigenvalue weighted by Crippen LogP contribution is -2.31. The highest BCUT2D eigenvalue weighted by Gasteiger charge is 2.03. The summed E-state index contributed by atoms with van der Waals surface area (Å²) in [5.74, 6) is -1.34. The van der Waals surface area contributed by atoms with E-state index in [4.69, 9.17) is 25.1 Å². The third kappa shape index (κ3) is 18.4. The Morgan fingerprint density at radius 2 is 1.40 bits per heavy atom. The van der Waals surface area contributed by atoms with E-state index < -0.39 is 5.97 Å². The molecule has 0 heterocycles. The molecule has 0 saturated carbocycles. The van der Waals surface area contributed by atoms with Crippen molar-refractivity contribution in [2.75, 3.05) is 59.3 Å². The van der Waals surface area contributed by atoms with Crippen LogP contribution in [0, 0.1) is 0 Å². The van der Waals surface area contributed by atoms with Gasteiger partial charge >= 0.3 is 5.97 Å². The molecule has 5 N–H and O–H groups in total. The number of carboxylic acids is 1. The number of nitrogens with one attached hydrogen (secondary N) is 2. The monoisotopic (exact) mass is 363 g/mol. The minimum Gasteiger partial charge on any atom is -0.481 e. The van der Waals surface area contributed by atoms with E-state index in [1.54, 1.807) is 0 Å². The number of amides is 2. The van der Waals surface area contributed by atoms with E-state index in [2.05, 4.69) is 10.6 Å². The van der Waals surface area contributed by atoms with Crippen LogP contribution in [0.2, 0.25) is 0 Å². The van der Waals surface area contributed by atoms with Crippen LogP contribution >= 0.6 is 0 Å². The maximum absolute atomic E-state index is 11.4. The highest BCUT2D eigenvalue weighted by Crippen LogP contribution is 1.94. The Morgan fingerprint density at radius 3 is 2.04 bits per heavy atom. The van der Waals surface area contributed by atoms with Crippen LogP contribution in [-0.2, 0) is 28.6 Å². The quantitative estimate of drug-likeness (QED) is 0.228. The third-order valence-electron chi connectivity index (χ3n) is 2.80. The number of hydrogen-bond acceptors (Lipinski definition) is 7. The summed E-state index contributed by atoms with van der Waals surface area (Å²) >= 11 is 0. The maximum atomic E-state index is 11.4. The topological polar surface area (TPSA) is 149 Å². The van der Waals surface area contributed by atoms with E-state index in [1.807, 2.05) is 0 Å². The highest BCUT2D eigenvalue weighted by molar-refractivity contribution is 5.77. The first kappa shape index (κ1) is 23.2. The molecule has 0 spiro atoms. The van der Waals surface area contributed by atoms with Gasteiger partial charge in [-0.1, -0.05) is 0 Å². The van der Waals surface area contributed by atoms with Gasteiger partial charge in [0, 0.05) is 32.5 Å². The second-order valence-corrected chi connectivity index (χ2v) is 5.01. The lowest BCUT2D eigenvalue weighted by Gasteiger charge is -2.08. The first-order chi connectivity index (χ1) is 12.1. The molecule has 2 amide bonds. The lowest BCUT2D eigenvalue weighted by molar-refractivity contribution is -0.137. The van der Waals surface area contributed by atoms with Gasteiger partial charge in [0.2, 0.25) is 11.8 Å². The highest BCUT2D eigenvalue weighted by atomic mass is 16.5. The van der Waals surface area contributed by atoms with Gasteiger partial charge in [0.25, 0.3) is 0 Å². The Labute approximate surface area is 147 Å². The largest absolute Gasteiger partial charge is 0.481 e. The summed E-state index contributed by atoms with van der Waals surface area (Å²) in [6, 6.07) is 0. The van der Waals surface area contributed by atoms with E-state index in [0.717, 1.165) is 0 Å². The van der Waals surface area contributed by atoms with Crippen molar-refractivity contribution in [2.24, 2.45) is 5.73 Å². The number of ether oxygens (including phenoxy) is 3. The molecule has 0 saturated heterocycles. The van der Waals surface area contributed by atoms with Crippen LogP contribution in [0.15, 0.2) is 0 Å². The first-order valence-corrected chi connectivity index (χ1v) is 8.24. The molecule has 25 heavy (non-hydrogen) atoms. The average Bonchev–Trinajstić information content (AvgIpc) is 2.56. The van der Waals surface area contributed by atoms with Gasteiger partial charge in [-0.05, 0) is 6.42 Å². The molecule has 0 aliphatic carbocycles. The molecule has 0 radical (unpaired) electrons. The minimum absolute atomic E-state index is 0.0183.